The van der Waals surface area contributed by atoms with Crippen LogP contribution in [0.5, 0.6) is 0 Å². The molecule has 0 aliphatic heterocycles. The van der Waals surface area contributed by atoms with Crippen LogP contribution in [0.25, 0.3) is 0 Å². The Labute approximate surface area is 138 Å². The Morgan fingerprint density at radius 3 is 1.91 bits per heavy atom. The van der Waals surface area contributed by atoms with Gasteiger partial charge in [0.15, 0.2) is 0 Å². The summed E-state index contributed by atoms with van der Waals surface area (Å²) >= 11 is 0. The van der Waals surface area contributed by atoms with Crippen molar-refractivity contribution >= 4 is 0 Å². The normalized spacial score (nSPS) is 17.6. The quantitative estimate of drug-likeness (QED) is 0.801. The predicted molar refractivity (Wildman–Crippen MR) is 93.5 cm³/mol. The molecule has 1 aliphatic carbocycles. The molecule has 0 fully saturated rings. The van der Waals surface area contributed by atoms with E-state index in [-0.39, 0.29) is 0 Å². The van der Waals surface area contributed by atoms with E-state index >= 15 is 0 Å². The van der Waals surface area contributed by atoms with Gasteiger partial charge >= 0.3 is 0 Å². The highest BCUT2D eigenvalue weighted by Crippen LogP contribution is 2.25. The van der Waals surface area contributed by atoms with Crippen LogP contribution in [0.3, 0.4) is 0 Å². The van der Waals surface area contributed by atoms with E-state index in [1.807, 2.05) is 0 Å². The fourth-order valence-corrected chi connectivity index (χ4v) is 3.20. The van der Waals surface area contributed by atoms with Crippen molar-refractivity contribution < 1.29 is 0 Å². The Bertz CT molecular complexity index is 641. The van der Waals surface area contributed by atoms with Crippen molar-refractivity contribution in [2.24, 2.45) is 0 Å². The van der Waals surface area contributed by atoms with Gasteiger partial charge in [0.05, 0.1) is 6.07 Å². The van der Waals surface area contributed by atoms with Gasteiger partial charge in [0.25, 0.3) is 0 Å². The minimum atomic E-state index is 0.507. The molecule has 0 bridgehead atoms. The number of rotatable bonds is 5. The Kier molecular flexibility index (Phi) is 5.24. The van der Waals surface area contributed by atoms with Crippen LogP contribution in [0.1, 0.15) is 30.4 Å². The van der Waals surface area contributed by atoms with Crippen LogP contribution in [0.2, 0.25) is 0 Å². The van der Waals surface area contributed by atoms with Crippen molar-refractivity contribution in [2.75, 3.05) is 0 Å². The van der Waals surface area contributed by atoms with Crippen molar-refractivity contribution in [3.8, 4) is 6.07 Å². The van der Waals surface area contributed by atoms with E-state index < -0.39 is 0 Å². The molecule has 2 nitrogen and oxygen atoms in total. The largest absolute Gasteiger partial charge is 0.292 e. The molecule has 0 aromatic heterocycles. The summed E-state index contributed by atoms with van der Waals surface area (Å²) in [5.74, 6) is 0. The molecule has 2 aromatic rings. The number of allylic oxidation sites excluding steroid dienone is 1. The van der Waals surface area contributed by atoms with Gasteiger partial charge in [0.2, 0.25) is 0 Å². The van der Waals surface area contributed by atoms with E-state index in [1.54, 1.807) is 0 Å². The van der Waals surface area contributed by atoms with Crippen LogP contribution in [0, 0.1) is 11.3 Å². The third-order valence-electron chi connectivity index (χ3n) is 4.50. The molecule has 0 amide bonds. The Morgan fingerprint density at radius 1 is 0.913 bits per heavy atom. The summed E-state index contributed by atoms with van der Waals surface area (Å²) in [6.07, 6.45) is 5.07. The third-order valence-corrected chi connectivity index (χ3v) is 4.50. The van der Waals surface area contributed by atoms with Crippen LogP contribution in [0.4, 0.5) is 0 Å². The summed E-state index contributed by atoms with van der Waals surface area (Å²) in [5, 5.41) is 9.05. The lowest BCUT2D eigenvalue weighted by Gasteiger charge is -2.33. The number of hydrogen-bond acceptors (Lipinski definition) is 2. The van der Waals surface area contributed by atoms with E-state index in [2.05, 4.69) is 77.7 Å². The summed E-state index contributed by atoms with van der Waals surface area (Å²) in [7, 11) is 0. The molecular weight excluding hydrogens is 280 g/mol. The van der Waals surface area contributed by atoms with Crippen molar-refractivity contribution in [3.05, 3.63) is 83.4 Å². The first kappa shape index (κ1) is 15.5. The van der Waals surface area contributed by atoms with Crippen molar-refractivity contribution in [3.63, 3.8) is 0 Å². The molecule has 2 aromatic carbocycles. The molecule has 1 atom stereocenters. The van der Waals surface area contributed by atoms with Gasteiger partial charge in [-0.3, -0.25) is 4.90 Å². The minimum Gasteiger partial charge on any atom is -0.292 e. The molecule has 0 heterocycles. The predicted octanol–water partition coefficient (Wildman–Crippen LogP) is 4.69. The summed E-state index contributed by atoms with van der Waals surface area (Å²) < 4.78 is 0. The molecular formula is C21H22N2. The number of hydrogen-bond donors (Lipinski definition) is 0. The fourth-order valence-electron chi connectivity index (χ4n) is 3.20. The van der Waals surface area contributed by atoms with E-state index in [0.717, 1.165) is 37.9 Å². The highest BCUT2D eigenvalue weighted by molar-refractivity contribution is 5.24. The molecule has 116 valence electrons. The first-order valence-electron chi connectivity index (χ1n) is 8.26. The Morgan fingerprint density at radius 2 is 1.48 bits per heavy atom. The van der Waals surface area contributed by atoms with Gasteiger partial charge in [-0.05, 0) is 30.4 Å². The van der Waals surface area contributed by atoms with Gasteiger partial charge in [-0.25, -0.2) is 0 Å². The highest BCUT2D eigenvalue weighted by atomic mass is 15.1. The Hall–Kier alpha value is -2.37. The van der Waals surface area contributed by atoms with Crippen molar-refractivity contribution in [1.29, 1.82) is 5.26 Å². The van der Waals surface area contributed by atoms with Crippen LogP contribution < -0.4 is 0 Å². The maximum atomic E-state index is 9.05. The number of nitrogens with zero attached hydrogens (tertiary/aromatic N) is 2. The first-order valence-corrected chi connectivity index (χ1v) is 8.26. The zero-order valence-electron chi connectivity index (χ0n) is 13.4. The SMILES string of the molecule is N#CC1=CCC(N(Cc2ccccc2)Cc2ccccc2)CC1. The number of benzene rings is 2. The summed E-state index contributed by atoms with van der Waals surface area (Å²) in [6, 6.07) is 24.1. The highest BCUT2D eigenvalue weighted by Gasteiger charge is 2.21. The van der Waals surface area contributed by atoms with Crippen LogP contribution in [-0.2, 0) is 13.1 Å². The first-order chi connectivity index (χ1) is 11.3. The molecule has 0 N–H and O–H groups in total. The van der Waals surface area contributed by atoms with Gasteiger partial charge in [-0.15, -0.1) is 0 Å². The second-order valence-electron chi connectivity index (χ2n) is 6.15. The molecule has 3 rings (SSSR count). The number of nitriles is 1. The van der Waals surface area contributed by atoms with Gasteiger partial charge in [0.1, 0.15) is 0 Å². The Balaban J connectivity index is 1.76. The second kappa shape index (κ2) is 7.76. The van der Waals surface area contributed by atoms with Crippen molar-refractivity contribution in [1.82, 2.24) is 4.90 Å². The van der Waals surface area contributed by atoms with Gasteiger partial charge in [-0.2, -0.15) is 5.26 Å². The molecule has 2 heteroatoms. The van der Waals surface area contributed by atoms with E-state index in [9.17, 15) is 0 Å². The van der Waals surface area contributed by atoms with E-state index in [1.165, 1.54) is 11.1 Å². The lowest BCUT2D eigenvalue weighted by molar-refractivity contribution is 0.166. The zero-order chi connectivity index (χ0) is 15.9. The van der Waals surface area contributed by atoms with Crippen molar-refractivity contribution in [2.45, 2.75) is 38.4 Å². The summed E-state index contributed by atoms with van der Waals surface area (Å²) in [5.41, 5.74) is 3.64. The maximum absolute atomic E-state index is 9.05. The standard InChI is InChI=1S/C21H22N2/c22-15-18-11-13-21(14-12-18)23(16-19-7-3-1-4-8-19)17-20-9-5-2-6-10-20/h1-11,21H,12-14,16-17H2. The minimum absolute atomic E-state index is 0.507. The monoisotopic (exact) mass is 302 g/mol. The average Bonchev–Trinajstić information content (AvgIpc) is 2.63. The molecule has 0 radical (unpaired) electrons. The second-order valence-corrected chi connectivity index (χ2v) is 6.15. The van der Waals surface area contributed by atoms with Gasteiger partial charge in [-0.1, -0.05) is 66.7 Å². The molecule has 0 saturated heterocycles. The summed E-state index contributed by atoms with van der Waals surface area (Å²) in [4.78, 5) is 2.55. The molecule has 1 unspecified atom stereocenters. The van der Waals surface area contributed by atoms with Crippen LogP contribution in [-0.4, -0.2) is 10.9 Å². The fraction of sp³-hybridized carbons (Fsp3) is 0.286. The van der Waals surface area contributed by atoms with Crippen LogP contribution in [0.15, 0.2) is 72.3 Å². The maximum Gasteiger partial charge on any atom is 0.0943 e. The average molecular weight is 302 g/mol. The van der Waals surface area contributed by atoms with E-state index in [4.69, 9.17) is 5.26 Å². The zero-order valence-corrected chi connectivity index (χ0v) is 13.4. The van der Waals surface area contributed by atoms with E-state index in [0.29, 0.717) is 6.04 Å². The topological polar surface area (TPSA) is 27.0 Å². The van der Waals surface area contributed by atoms with Crippen LogP contribution >= 0.6 is 0 Å². The molecule has 0 saturated carbocycles. The molecule has 0 spiro atoms. The van der Waals surface area contributed by atoms with Gasteiger partial charge in [0, 0.05) is 24.7 Å². The van der Waals surface area contributed by atoms with Gasteiger partial charge < -0.3 is 0 Å². The lowest BCUT2D eigenvalue weighted by Crippen LogP contribution is -2.35. The molecule has 1 aliphatic rings. The summed E-state index contributed by atoms with van der Waals surface area (Å²) in [6.45, 7) is 1.91. The smallest absolute Gasteiger partial charge is 0.0943 e. The third kappa shape index (κ3) is 4.31. The lowest BCUT2D eigenvalue weighted by atomic mass is 9.94. The molecule has 23 heavy (non-hydrogen) atoms.